The summed E-state index contributed by atoms with van der Waals surface area (Å²) in [7, 11) is 3.18. The van der Waals surface area contributed by atoms with Crippen molar-refractivity contribution >= 4 is 35.0 Å². The third-order valence-electron chi connectivity index (χ3n) is 4.88. The molecule has 1 aromatic heterocycles. The molecule has 0 bridgehead atoms. The molecule has 2 atom stereocenters. The molecule has 2 aromatic rings. The summed E-state index contributed by atoms with van der Waals surface area (Å²) in [5, 5.41) is 9.98. The van der Waals surface area contributed by atoms with Crippen LogP contribution in [0.2, 0.25) is 5.02 Å². The number of halogens is 1. The van der Waals surface area contributed by atoms with Crippen molar-refractivity contribution in [3.05, 3.63) is 29.4 Å². The minimum atomic E-state index is -0.0357. The van der Waals surface area contributed by atoms with Crippen LogP contribution in [-0.2, 0) is 4.79 Å². The van der Waals surface area contributed by atoms with Gasteiger partial charge in [0.25, 0.3) is 0 Å². The Balaban J connectivity index is 1.78. The average molecular weight is 420 g/mol. The summed E-state index contributed by atoms with van der Waals surface area (Å²) in [6, 6.07) is 5.53. The predicted octanol–water partition coefficient (Wildman–Crippen LogP) is 3.75. The van der Waals surface area contributed by atoms with Gasteiger partial charge in [0, 0.05) is 25.1 Å². The Bertz CT molecular complexity index is 864. The number of hydrogen-bond acceptors (Lipinski definition) is 7. The quantitative estimate of drug-likeness (QED) is 0.628. The van der Waals surface area contributed by atoms with Crippen LogP contribution in [0.15, 0.2) is 24.4 Å². The summed E-state index contributed by atoms with van der Waals surface area (Å²) in [5.41, 5.74) is 0.704. The highest BCUT2D eigenvalue weighted by molar-refractivity contribution is 6.32. The predicted molar refractivity (Wildman–Crippen MR) is 113 cm³/mol. The van der Waals surface area contributed by atoms with Crippen LogP contribution < -0.4 is 25.4 Å². The maximum atomic E-state index is 11.5. The van der Waals surface area contributed by atoms with Crippen molar-refractivity contribution in [2.45, 2.75) is 44.7 Å². The first-order valence-corrected chi connectivity index (χ1v) is 9.93. The van der Waals surface area contributed by atoms with Crippen LogP contribution in [-0.4, -0.2) is 42.2 Å². The van der Waals surface area contributed by atoms with E-state index in [2.05, 4.69) is 25.9 Å². The fraction of sp³-hybridized carbons (Fsp3) is 0.450. The Hall–Kier alpha value is -2.74. The number of carbonyl (C=O) groups is 1. The Morgan fingerprint density at radius 3 is 2.62 bits per heavy atom. The summed E-state index contributed by atoms with van der Waals surface area (Å²) in [6.45, 7) is 1.54. The molecule has 0 saturated heterocycles. The van der Waals surface area contributed by atoms with Crippen LogP contribution in [0.25, 0.3) is 0 Å². The van der Waals surface area contributed by atoms with Gasteiger partial charge in [0.05, 0.1) is 26.1 Å². The van der Waals surface area contributed by atoms with Gasteiger partial charge in [-0.3, -0.25) is 4.79 Å². The summed E-state index contributed by atoms with van der Waals surface area (Å²) in [5.74, 6) is 2.17. The summed E-state index contributed by atoms with van der Waals surface area (Å²) >= 11 is 6.33. The first-order chi connectivity index (χ1) is 14.0. The van der Waals surface area contributed by atoms with E-state index in [9.17, 15) is 4.79 Å². The maximum Gasteiger partial charge on any atom is 0.229 e. The van der Waals surface area contributed by atoms with Gasteiger partial charge in [-0.2, -0.15) is 4.98 Å². The molecule has 1 heterocycles. The van der Waals surface area contributed by atoms with E-state index in [4.69, 9.17) is 21.1 Å². The molecular weight excluding hydrogens is 394 g/mol. The van der Waals surface area contributed by atoms with Gasteiger partial charge in [-0.1, -0.05) is 24.4 Å². The number of nitrogens with zero attached hydrogens (tertiary/aromatic N) is 2. The van der Waals surface area contributed by atoms with E-state index in [0.29, 0.717) is 34.0 Å². The molecule has 0 aliphatic heterocycles. The van der Waals surface area contributed by atoms with E-state index in [1.165, 1.54) is 6.92 Å². The number of nitrogens with one attached hydrogen (secondary N) is 3. The number of methoxy groups -OCH3 is 2. The van der Waals surface area contributed by atoms with E-state index in [-0.39, 0.29) is 18.0 Å². The summed E-state index contributed by atoms with van der Waals surface area (Å²) in [4.78, 5) is 20.3. The van der Waals surface area contributed by atoms with Gasteiger partial charge in [0.1, 0.15) is 16.5 Å². The molecule has 156 valence electrons. The molecule has 1 amide bonds. The number of benzene rings is 1. The van der Waals surface area contributed by atoms with Crippen LogP contribution in [0, 0.1) is 0 Å². The van der Waals surface area contributed by atoms with Gasteiger partial charge in [-0.15, -0.1) is 0 Å². The highest BCUT2D eigenvalue weighted by atomic mass is 35.5. The second-order valence-electron chi connectivity index (χ2n) is 6.92. The van der Waals surface area contributed by atoms with Gasteiger partial charge >= 0.3 is 0 Å². The van der Waals surface area contributed by atoms with Gasteiger partial charge in [0.15, 0.2) is 5.82 Å². The van der Waals surface area contributed by atoms with E-state index in [0.717, 1.165) is 25.7 Å². The fourth-order valence-electron chi connectivity index (χ4n) is 3.46. The van der Waals surface area contributed by atoms with Gasteiger partial charge in [-0.05, 0) is 25.0 Å². The van der Waals surface area contributed by atoms with E-state index in [1.807, 2.05) is 12.1 Å². The lowest BCUT2D eigenvalue weighted by atomic mass is 9.90. The second-order valence-corrected chi connectivity index (χ2v) is 7.33. The van der Waals surface area contributed by atoms with E-state index >= 15 is 0 Å². The molecule has 1 aliphatic carbocycles. The van der Waals surface area contributed by atoms with E-state index in [1.54, 1.807) is 26.5 Å². The van der Waals surface area contributed by atoms with Crippen molar-refractivity contribution in [2.24, 2.45) is 0 Å². The number of anilines is 3. The first kappa shape index (κ1) is 21.0. The van der Waals surface area contributed by atoms with Crippen LogP contribution in [0.4, 0.5) is 17.5 Å². The Kier molecular flexibility index (Phi) is 6.98. The molecule has 9 heteroatoms. The molecule has 3 rings (SSSR count). The standard InChI is InChI=1S/C20H26ClN5O3/c1-12(27)23-15-6-4-5-7-16(15)24-19-14(21)11-22-20(26-19)25-17-9-8-13(28-2)10-18(17)29-3/h8-11,15-16H,4-7H2,1-3H3,(H,23,27)(H2,22,24,25,26). The largest absolute Gasteiger partial charge is 0.497 e. The molecule has 0 spiro atoms. The van der Waals surface area contributed by atoms with E-state index < -0.39 is 0 Å². The maximum absolute atomic E-state index is 11.5. The van der Waals surface area contributed by atoms with Crippen LogP contribution in [0.5, 0.6) is 11.5 Å². The highest BCUT2D eigenvalue weighted by Gasteiger charge is 2.26. The molecule has 0 radical (unpaired) electrons. The van der Waals surface area contributed by atoms with Crippen molar-refractivity contribution in [2.75, 3.05) is 24.9 Å². The number of ether oxygens (including phenoxy) is 2. The zero-order chi connectivity index (χ0) is 20.8. The zero-order valence-electron chi connectivity index (χ0n) is 16.8. The number of rotatable bonds is 7. The summed E-state index contributed by atoms with van der Waals surface area (Å²) in [6.07, 6.45) is 5.58. The number of carbonyl (C=O) groups excluding carboxylic acids is 1. The number of hydrogen-bond donors (Lipinski definition) is 3. The third kappa shape index (κ3) is 5.41. The molecule has 8 nitrogen and oxygen atoms in total. The van der Waals surface area contributed by atoms with Gasteiger partial charge in [-0.25, -0.2) is 4.98 Å². The topological polar surface area (TPSA) is 97.4 Å². The van der Waals surface area contributed by atoms with Crippen molar-refractivity contribution in [1.29, 1.82) is 0 Å². The normalized spacial score (nSPS) is 18.6. The Morgan fingerprint density at radius 2 is 1.93 bits per heavy atom. The molecule has 1 aliphatic rings. The zero-order valence-corrected chi connectivity index (χ0v) is 17.5. The Labute approximate surface area is 175 Å². The fourth-order valence-corrected chi connectivity index (χ4v) is 3.61. The van der Waals surface area contributed by atoms with Crippen molar-refractivity contribution in [3.63, 3.8) is 0 Å². The lowest BCUT2D eigenvalue weighted by molar-refractivity contribution is -0.119. The lowest BCUT2D eigenvalue weighted by Gasteiger charge is -2.33. The second kappa shape index (κ2) is 9.65. The third-order valence-corrected chi connectivity index (χ3v) is 5.15. The molecule has 1 aromatic carbocycles. The van der Waals surface area contributed by atoms with Crippen LogP contribution in [0.3, 0.4) is 0 Å². The molecule has 29 heavy (non-hydrogen) atoms. The van der Waals surface area contributed by atoms with Gasteiger partial charge in [0.2, 0.25) is 11.9 Å². The number of amides is 1. The summed E-state index contributed by atoms with van der Waals surface area (Å²) < 4.78 is 10.6. The minimum absolute atomic E-state index is 0.0357. The molecular formula is C20H26ClN5O3. The molecule has 2 unspecified atom stereocenters. The molecule has 3 N–H and O–H groups in total. The first-order valence-electron chi connectivity index (χ1n) is 9.55. The lowest BCUT2D eigenvalue weighted by Crippen LogP contribution is -2.48. The van der Waals surface area contributed by atoms with Crippen LogP contribution in [0.1, 0.15) is 32.6 Å². The van der Waals surface area contributed by atoms with Crippen molar-refractivity contribution < 1.29 is 14.3 Å². The average Bonchev–Trinajstić information content (AvgIpc) is 2.71. The van der Waals surface area contributed by atoms with Crippen molar-refractivity contribution in [1.82, 2.24) is 15.3 Å². The highest BCUT2D eigenvalue weighted by Crippen LogP contribution is 2.32. The van der Waals surface area contributed by atoms with Crippen LogP contribution >= 0.6 is 11.6 Å². The SMILES string of the molecule is COc1ccc(Nc2ncc(Cl)c(NC3CCCCC3NC(C)=O)n2)c(OC)c1. The molecule has 1 saturated carbocycles. The minimum Gasteiger partial charge on any atom is -0.497 e. The Morgan fingerprint density at radius 1 is 1.17 bits per heavy atom. The monoisotopic (exact) mass is 419 g/mol. The van der Waals surface area contributed by atoms with Gasteiger partial charge < -0.3 is 25.4 Å². The smallest absolute Gasteiger partial charge is 0.229 e. The number of aromatic nitrogens is 2. The molecule has 1 fully saturated rings. The van der Waals surface area contributed by atoms with Crippen molar-refractivity contribution in [3.8, 4) is 11.5 Å².